The molecule has 0 amide bonds. The Labute approximate surface area is 117 Å². The third kappa shape index (κ3) is 2.77. The minimum Gasteiger partial charge on any atom is -0.396 e. The van der Waals surface area contributed by atoms with Crippen LogP contribution in [0.2, 0.25) is 0 Å². The van der Waals surface area contributed by atoms with Gasteiger partial charge in [0.25, 0.3) is 0 Å². The third-order valence-corrected chi connectivity index (χ3v) is 6.30. The molecule has 1 aromatic rings. The van der Waals surface area contributed by atoms with Crippen molar-refractivity contribution < 1.29 is 5.11 Å². The van der Waals surface area contributed by atoms with E-state index in [0.717, 1.165) is 12.3 Å². The van der Waals surface area contributed by atoms with E-state index >= 15 is 0 Å². The van der Waals surface area contributed by atoms with Crippen molar-refractivity contribution in [1.82, 2.24) is 5.32 Å². The van der Waals surface area contributed by atoms with Crippen LogP contribution in [0.5, 0.6) is 0 Å². The molecule has 2 nitrogen and oxygen atoms in total. The molecular weight excluding hydrogens is 262 g/mol. The van der Waals surface area contributed by atoms with Crippen LogP contribution in [-0.4, -0.2) is 23.0 Å². The van der Waals surface area contributed by atoms with Crippen LogP contribution >= 0.6 is 23.1 Å². The number of thioether (sulfide) groups is 1. The molecule has 1 aliphatic carbocycles. The zero-order valence-electron chi connectivity index (χ0n) is 10.8. The summed E-state index contributed by atoms with van der Waals surface area (Å²) < 4.78 is 1.49. The smallest absolute Gasteiger partial charge is 0.0649 e. The highest BCUT2D eigenvalue weighted by Gasteiger charge is 2.34. The molecular formula is C14H21NOS2. The van der Waals surface area contributed by atoms with Gasteiger partial charge in [-0.25, -0.2) is 0 Å². The maximum atomic E-state index is 9.21. The summed E-state index contributed by atoms with van der Waals surface area (Å²) in [6.45, 7) is 2.63. The van der Waals surface area contributed by atoms with Gasteiger partial charge in [-0.15, -0.1) is 23.1 Å². The van der Waals surface area contributed by atoms with Crippen molar-refractivity contribution in [3.8, 4) is 0 Å². The Morgan fingerprint density at radius 2 is 2.33 bits per heavy atom. The van der Waals surface area contributed by atoms with Crippen molar-refractivity contribution in [3.63, 3.8) is 0 Å². The van der Waals surface area contributed by atoms with Gasteiger partial charge in [0.15, 0.2) is 0 Å². The van der Waals surface area contributed by atoms with Crippen LogP contribution in [0.1, 0.15) is 44.2 Å². The van der Waals surface area contributed by atoms with E-state index in [1.807, 2.05) is 23.1 Å². The molecule has 100 valence electrons. The highest BCUT2D eigenvalue weighted by molar-refractivity contribution is 8.01. The van der Waals surface area contributed by atoms with Crippen molar-refractivity contribution in [2.24, 2.45) is 5.92 Å². The highest BCUT2D eigenvalue weighted by Crippen LogP contribution is 2.45. The first-order valence-electron chi connectivity index (χ1n) is 6.89. The molecule has 2 N–H and O–H groups in total. The number of fused-ring (bicyclic) bond motifs is 1. The zero-order chi connectivity index (χ0) is 12.5. The van der Waals surface area contributed by atoms with Gasteiger partial charge in [-0.2, -0.15) is 0 Å². The molecule has 1 saturated carbocycles. The molecule has 2 heterocycles. The number of aliphatic hydroxyl groups is 1. The van der Waals surface area contributed by atoms with Gasteiger partial charge in [0.2, 0.25) is 0 Å². The van der Waals surface area contributed by atoms with Crippen LogP contribution in [-0.2, 0) is 0 Å². The Hall–Kier alpha value is -0.0300. The second-order valence-electron chi connectivity index (χ2n) is 5.50. The first-order valence-corrected chi connectivity index (χ1v) is 8.65. The van der Waals surface area contributed by atoms with Crippen LogP contribution in [0.3, 0.4) is 0 Å². The van der Waals surface area contributed by atoms with E-state index in [0.29, 0.717) is 23.9 Å². The fraction of sp³-hybridized carbons (Fsp3) is 0.714. The molecule has 1 aliphatic heterocycles. The second-order valence-corrected chi connectivity index (χ2v) is 8.13. The van der Waals surface area contributed by atoms with Gasteiger partial charge >= 0.3 is 0 Å². The molecule has 2 aliphatic rings. The van der Waals surface area contributed by atoms with E-state index in [9.17, 15) is 5.11 Å². The fourth-order valence-corrected chi connectivity index (χ4v) is 5.43. The lowest BCUT2D eigenvalue weighted by molar-refractivity contribution is 0.245. The number of hydrogen-bond acceptors (Lipinski definition) is 4. The zero-order valence-corrected chi connectivity index (χ0v) is 12.4. The van der Waals surface area contributed by atoms with Gasteiger partial charge in [0.1, 0.15) is 0 Å². The van der Waals surface area contributed by atoms with Crippen LogP contribution in [0.25, 0.3) is 0 Å². The molecule has 3 atom stereocenters. The molecule has 0 bridgehead atoms. The number of hydrogen-bond donors (Lipinski definition) is 2. The monoisotopic (exact) mass is 283 g/mol. The quantitative estimate of drug-likeness (QED) is 0.868. The van der Waals surface area contributed by atoms with Crippen LogP contribution < -0.4 is 5.32 Å². The summed E-state index contributed by atoms with van der Waals surface area (Å²) in [5.74, 6) is 0.809. The predicted molar refractivity (Wildman–Crippen MR) is 78.3 cm³/mol. The maximum absolute atomic E-state index is 9.21. The Morgan fingerprint density at radius 3 is 3.06 bits per heavy atom. The molecule has 2 unspecified atom stereocenters. The predicted octanol–water partition coefficient (Wildman–Crippen LogP) is 3.42. The maximum Gasteiger partial charge on any atom is 0.0649 e. The number of nitrogens with one attached hydrogen (secondary N) is 1. The summed E-state index contributed by atoms with van der Waals surface area (Å²) >= 11 is 3.89. The van der Waals surface area contributed by atoms with Gasteiger partial charge in [0, 0.05) is 23.9 Å². The average molecular weight is 283 g/mol. The van der Waals surface area contributed by atoms with E-state index < -0.39 is 0 Å². The molecule has 4 heteroatoms. The van der Waals surface area contributed by atoms with Crippen molar-refractivity contribution in [2.75, 3.05) is 6.61 Å². The van der Waals surface area contributed by atoms with Crippen LogP contribution in [0, 0.1) is 5.92 Å². The molecule has 0 spiro atoms. The Bertz CT molecular complexity index is 402. The van der Waals surface area contributed by atoms with Gasteiger partial charge in [0.05, 0.1) is 4.21 Å². The lowest BCUT2D eigenvalue weighted by atomic mass is 10.0. The Kier molecular flexibility index (Phi) is 3.99. The van der Waals surface area contributed by atoms with Crippen LogP contribution in [0.15, 0.2) is 15.7 Å². The molecule has 1 fully saturated rings. The van der Waals surface area contributed by atoms with E-state index in [1.54, 1.807) is 0 Å². The summed E-state index contributed by atoms with van der Waals surface area (Å²) in [6, 6.07) is 3.29. The average Bonchev–Trinajstić information content (AvgIpc) is 3.07. The fourth-order valence-electron chi connectivity index (χ4n) is 2.86. The summed E-state index contributed by atoms with van der Waals surface area (Å²) in [6.07, 6.45) is 4.79. The summed E-state index contributed by atoms with van der Waals surface area (Å²) in [4.78, 5) is 0. The largest absolute Gasteiger partial charge is 0.396 e. The lowest BCUT2D eigenvalue weighted by Gasteiger charge is -2.31. The molecule has 3 rings (SSSR count). The van der Waals surface area contributed by atoms with Gasteiger partial charge in [-0.05, 0) is 48.6 Å². The first kappa shape index (κ1) is 13.0. The molecule has 0 saturated heterocycles. The third-order valence-electron chi connectivity index (χ3n) is 3.96. The van der Waals surface area contributed by atoms with Crippen molar-refractivity contribution in [1.29, 1.82) is 0 Å². The van der Waals surface area contributed by atoms with Crippen LogP contribution in [0.4, 0.5) is 0 Å². The van der Waals surface area contributed by atoms with E-state index in [4.69, 9.17) is 0 Å². The highest BCUT2D eigenvalue weighted by atomic mass is 32.2. The van der Waals surface area contributed by atoms with E-state index in [1.165, 1.54) is 29.0 Å². The molecule has 1 aromatic heterocycles. The summed E-state index contributed by atoms with van der Waals surface area (Å²) in [5, 5.41) is 15.9. The lowest BCUT2D eigenvalue weighted by Crippen LogP contribution is -2.37. The second kappa shape index (κ2) is 5.53. The number of aliphatic hydroxyl groups excluding tert-OH is 1. The molecule has 0 radical (unpaired) electrons. The van der Waals surface area contributed by atoms with E-state index in [2.05, 4.69) is 23.7 Å². The van der Waals surface area contributed by atoms with Crippen molar-refractivity contribution in [2.45, 2.75) is 54.1 Å². The SMILES string of the molecule is C[C@H]1CC(NC(CCO)C2CC2)c2ccsc2S1. The normalized spacial score (nSPS) is 29.0. The Balaban J connectivity index is 1.72. The number of rotatable bonds is 5. The van der Waals surface area contributed by atoms with E-state index in [-0.39, 0.29) is 0 Å². The van der Waals surface area contributed by atoms with Crippen molar-refractivity contribution >= 4 is 23.1 Å². The number of thiophene rings is 1. The minimum absolute atomic E-state index is 0.307. The van der Waals surface area contributed by atoms with Gasteiger partial charge in [-0.3, -0.25) is 0 Å². The van der Waals surface area contributed by atoms with Gasteiger partial charge < -0.3 is 10.4 Å². The molecule has 18 heavy (non-hydrogen) atoms. The van der Waals surface area contributed by atoms with Gasteiger partial charge in [-0.1, -0.05) is 6.92 Å². The van der Waals surface area contributed by atoms with Crippen molar-refractivity contribution in [3.05, 3.63) is 17.0 Å². The minimum atomic E-state index is 0.307. The summed E-state index contributed by atoms with van der Waals surface area (Å²) in [5.41, 5.74) is 1.49. The summed E-state index contributed by atoms with van der Waals surface area (Å²) in [7, 11) is 0. The standard InChI is InChI=1S/C14H21NOS2/c1-9-8-13(11-5-7-17-14(11)18-9)15-12(4-6-16)10-2-3-10/h5,7,9-10,12-13,15-16H,2-4,6,8H2,1H3/t9-,12?,13?/m0/s1. The molecule has 0 aromatic carbocycles. The Morgan fingerprint density at radius 1 is 1.50 bits per heavy atom. The first-order chi connectivity index (χ1) is 8.78. The topological polar surface area (TPSA) is 32.3 Å².